The number of hydrogen-bond donors (Lipinski definition) is 0. The average molecular weight is 499 g/mol. The number of sulfonamides is 1. The summed E-state index contributed by atoms with van der Waals surface area (Å²) in [4.78, 5) is 12.7. The zero-order valence-electron chi connectivity index (χ0n) is 18.0. The van der Waals surface area contributed by atoms with Crippen LogP contribution in [0.25, 0.3) is 0 Å². The summed E-state index contributed by atoms with van der Waals surface area (Å²) in [6, 6.07) is 5.17. The molecule has 1 fully saturated rings. The van der Waals surface area contributed by atoms with Crippen molar-refractivity contribution in [3.05, 3.63) is 35.2 Å². The molecule has 0 spiro atoms. The van der Waals surface area contributed by atoms with Gasteiger partial charge in [-0.25, -0.2) is 16.8 Å². The third-order valence-electron chi connectivity index (χ3n) is 6.01. The molecule has 12 heteroatoms. The lowest BCUT2D eigenvalue weighted by Crippen LogP contribution is -2.30. The van der Waals surface area contributed by atoms with E-state index >= 15 is 0 Å². The van der Waals surface area contributed by atoms with Crippen LogP contribution < -0.4 is 4.31 Å². The van der Waals surface area contributed by atoms with E-state index in [-0.39, 0.29) is 34.7 Å². The van der Waals surface area contributed by atoms with E-state index in [9.17, 15) is 21.6 Å². The van der Waals surface area contributed by atoms with Crippen LogP contribution in [-0.4, -0.2) is 66.9 Å². The third-order valence-corrected chi connectivity index (χ3v) is 10.6. The lowest BCUT2D eigenvalue weighted by atomic mass is 10.1. The molecule has 0 saturated carbocycles. The van der Waals surface area contributed by atoms with Gasteiger partial charge in [0.1, 0.15) is 5.82 Å². The van der Waals surface area contributed by atoms with Crippen molar-refractivity contribution in [1.29, 1.82) is 0 Å². The van der Waals surface area contributed by atoms with Crippen LogP contribution in [0.2, 0.25) is 0 Å². The van der Waals surface area contributed by atoms with Gasteiger partial charge in [-0.3, -0.25) is 9.10 Å². The maximum absolute atomic E-state index is 12.7. The first kappa shape index (κ1) is 23.2. The maximum Gasteiger partial charge on any atom is 0.234 e. The fourth-order valence-corrected chi connectivity index (χ4v) is 7.99. The van der Waals surface area contributed by atoms with Crippen molar-refractivity contribution in [3.8, 4) is 0 Å². The molecule has 1 saturated heterocycles. The zero-order valence-corrected chi connectivity index (χ0v) is 20.5. The number of fused-ring (bicyclic) bond motifs is 1. The minimum absolute atomic E-state index is 0.0417. The van der Waals surface area contributed by atoms with E-state index in [2.05, 4.69) is 10.2 Å². The van der Waals surface area contributed by atoms with Crippen molar-refractivity contribution in [2.24, 2.45) is 13.0 Å². The van der Waals surface area contributed by atoms with Gasteiger partial charge in [-0.2, -0.15) is 0 Å². The largest absolute Gasteiger partial charge is 0.309 e. The van der Waals surface area contributed by atoms with E-state index in [0.717, 1.165) is 11.4 Å². The van der Waals surface area contributed by atoms with Crippen molar-refractivity contribution in [2.45, 2.75) is 31.3 Å². The second-order valence-corrected chi connectivity index (χ2v) is 13.6. The van der Waals surface area contributed by atoms with Crippen molar-refractivity contribution in [3.63, 3.8) is 0 Å². The molecule has 2 aliphatic heterocycles. The molecule has 2 aliphatic rings. The zero-order chi connectivity index (χ0) is 23.1. The van der Waals surface area contributed by atoms with Gasteiger partial charge in [0, 0.05) is 25.6 Å². The molecule has 0 amide bonds. The van der Waals surface area contributed by atoms with Crippen molar-refractivity contribution in [1.82, 2.24) is 14.8 Å². The molecule has 0 N–H and O–H groups in total. The van der Waals surface area contributed by atoms with E-state index in [1.165, 1.54) is 16.1 Å². The Kier molecular flexibility index (Phi) is 6.38. The van der Waals surface area contributed by atoms with Gasteiger partial charge in [0.2, 0.25) is 10.0 Å². The summed E-state index contributed by atoms with van der Waals surface area (Å²) in [6.45, 7) is 2.03. The summed E-state index contributed by atoms with van der Waals surface area (Å²) in [5.41, 5.74) is 2.07. The third kappa shape index (κ3) is 4.72. The molecular formula is C20H26N4O5S3. The lowest BCUT2D eigenvalue weighted by Gasteiger charge is -2.18. The van der Waals surface area contributed by atoms with E-state index in [1.54, 1.807) is 25.1 Å². The summed E-state index contributed by atoms with van der Waals surface area (Å²) in [7, 11) is -4.43. The highest BCUT2D eigenvalue weighted by molar-refractivity contribution is 7.99. The van der Waals surface area contributed by atoms with E-state index in [1.807, 2.05) is 11.6 Å². The molecule has 1 atom stereocenters. The van der Waals surface area contributed by atoms with Crippen LogP contribution in [0.5, 0.6) is 0 Å². The molecule has 0 unspecified atom stereocenters. The molecule has 9 nitrogen and oxygen atoms in total. The van der Waals surface area contributed by atoms with Crippen LogP contribution in [0.4, 0.5) is 5.69 Å². The highest BCUT2D eigenvalue weighted by atomic mass is 32.2. The fourth-order valence-electron chi connectivity index (χ4n) is 4.14. The minimum Gasteiger partial charge on any atom is -0.309 e. The molecule has 32 heavy (non-hydrogen) atoms. The lowest BCUT2D eigenvalue weighted by molar-refractivity contribution is 0.102. The van der Waals surface area contributed by atoms with Crippen molar-refractivity contribution >= 4 is 43.1 Å². The molecule has 3 heterocycles. The summed E-state index contributed by atoms with van der Waals surface area (Å²) in [5.74, 6) is 1.35. The predicted octanol–water partition coefficient (Wildman–Crippen LogP) is 1.48. The smallest absolute Gasteiger partial charge is 0.234 e. The number of carbonyl (C=O) groups is 1. The number of anilines is 1. The Morgan fingerprint density at radius 3 is 2.75 bits per heavy atom. The van der Waals surface area contributed by atoms with Crippen LogP contribution >= 0.6 is 11.8 Å². The highest BCUT2D eigenvalue weighted by Crippen LogP contribution is 2.32. The van der Waals surface area contributed by atoms with Gasteiger partial charge in [-0.05, 0) is 49.4 Å². The van der Waals surface area contributed by atoms with Crippen LogP contribution in [0.3, 0.4) is 0 Å². The number of carbonyl (C=O) groups excluding carboxylic acids is 1. The quantitative estimate of drug-likeness (QED) is 0.397. The van der Waals surface area contributed by atoms with Gasteiger partial charge in [0.25, 0.3) is 0 Å². The number of ketones is 1. The Labute approximate surface area is 192 Å². The Balaban J connectivity index is 1.39. The number of aromatic nitrogens is 3. The summed E-state index contributed by atoms with van der Waals surface area (Å²) < 4.78 is 51.0. The monoisotopic (exact) mass is 498 g/mol. The standard InChI is InChI=1S/C20H26N4O5S3/c1-3-32(28,29)24-8-6-15-11-16(4-5-17(15)24)18(25)12-30-20-22-21-19(23(20)2)10-14-7-9-31(26,27)13-14/h4-5,11,14H,3,6-10,12-13H2,1-2H3/t14-/m0/s1. The number of benzene rings is 1. The summed E-state index contributed by atoms with van der Waals surface area (Å²) in [6.07, 6.45) is 1.79. The molecule has 0 aliphatic carbocycles. The van der Waals surface area contributed by atoms with Crippen LogP contribution in [0.15, 0.2) is 23.4 Å². The molecule has 0 bridgehead atoms. The Morgan fingerprint density at radius 1 is 1.28 bits per heavy atom. The number of thioether (sulfide) groups is 1. The van der Waals surface area contributed by atoms with Gasteiger partial charge >= 0.3 is 0 Å². The molecule has 0 radical (unpaired) electrons. The number of Topliss-reactive ketones (excluding diaryl/α,β-unsaturated/α-hetero) is 1. The molecule has 174 valence electrons. The minimum atomic E-state index is -3.32. The number of rotatable bonds is 8. The second-order valence-electron chi connectivity index (χ2n) is 8.21. The molecule has 1 aromatic heterocycles. The molecule has 4 rings (SSSR count). The van der Waals surface area contributed by atoms with E-state index in [4.69, 9.17) is 0 Å². The fraction of sp³-hybridized carbons (Fsp3) is 0.550. The first-order valence-electron chi connectivity index (χ1n) is 10.5. The van der Waals surface area contributed by atoms with Gasteiger partial charge in [0.05, 0.1) is 28.7 Å². The topological polar surface area (TPSA) is 119 Å². The van der Waals surface area contributed by atoms with Crippen LogP contribution in [0.1, 0.15) is 35.1 Å². The van der Waals surface area contributed by atoms with Gasteiger partial charge in [0.15, 0.2) is 20.8 Å². The molecular weight excluding hydrogens is 472 g/mol. The van der Waals surface area contributed by atoms with E-state index in [0.29, 0.717) is 42.2 Å². The second kappa shape index (κ2) is 8.79. The SMILES string of the molecule is CCS(=O)(=O)N1CCc2cc(C(=O)CSc3nnc(C[C@@H]4CCS(=O)(=O)C4)n3C)ccc21. The Morgan fingerprint density at radius 2 is 2.06 bits per heavy atom. The van der Waals surface area contributed by atoms with Crippen LogP contribution in [0, 0.1) is 5.92 Å². The van der Waals surface area contributed by atoms with Gasteiger partial charge in [-0.1, -0.05) is 11.8 Å². The van der Waals surface area contributed by atoms with Crippen molar-refractivity contribution in [2.75, 3.05) is 33.9 Å². The maximum atomic E-state index is 12.7. The summed E-state index contributed by atoms with van der Waals surface area (Å²) >= 11 is 1.29. The molecule has 1 aromatic carbocycles. The Bertz CT molecular complexity index is 1250. The predicted molar refractivity (Wildman–Crippen MR) is 123 cm³/mol. The van der Waals surface area contributed by atoms with Crippen LogP contribution in [-0.2, 0) is 39.7 Å². The number of hydrogen-bond acceptors (Lipinski definition) is 8. The average Bonchev–Trinajstić information content (AvgIpc) is 3.43. The highest BCUT2D eigenvalue weighted by Gasteiger charge is 2.30. The first-order valence-corrected chi connectivity index (χ1v) is 14.9. The van der Waals surface area contributed by atoms with Gasteiger partial charge < -0.3 is 4.57 Å². The Hall–Kier alpha value is -1.92. The number of sulfone groups is 1. The van der Waals surface area contributed by atoms with E-state index < -0.39 is 19.9 Å². The summed E-state index contributed by atoms with van der Waals surface area (Å²) in [5, 5.41) is 8.96. The van der Waals surface area contributed by atoms with Crippen molar-refractivity contribution < 1.29 is 21.6 Å². The normalized spacial score (nSPS) is 19.9. The number of nitrogens with zero attached hydrogens (tertiary/aromatic N) is 4. The first-order chi connectivity index (χ1) is 15.1. The van der Waals surface area contributed by atoms with Gasteiger partial charge in [-0.15, -0.1) is 10.2 Å². The molecule has 2 aromatic rings.